The monoisotopic (exact) mass is 381 g/mol. The lowest BCUT2D eigenvalue weighted by Crippen LogP contribution is -2.34. The molecule has 2 aromatic rings. The zero-order valence-electron chi connectivity index (χ0n) is 15.0. The molecule has 0 atom stereocenters. The van der Waals surface area contributed by atoms with Crippen molar-refractivity contribution >= 4 is 40.5 Å². The molecular weight excluding hydrogens is 358 g/mol. The van der Waals surface area contributed by atoms with Crippen LogP contribution in [0.25, 0.3) is 0 Å². The van der Waals surface area contributed by atoms with Crippen molar-refractivity contribution in [1.82, 2.24) is 5.32 Å². The quantitative estimate of drug-likeness (QED) is 0.674. The molecule has 2 amide bonds. The van der Waals surface area contributed by atoms with Gasteiger partial charge in [0, 0.05) is 23.4 Å². The lowest BCUT2D eigenvalue weighted by molar-refractivity contribution is -0.120. The van der Waals surface area contributed by atoms with Crippen LogP contribution in [0.15, 0.2) is 54.6 Å². The number of benzene rings is 2. The molecule has 0 unspecified atom stereocenters. The topological polar surface area (TPSA) is 70.2 Å². The Hall–Kier alpha value is -2.73. The Morgan fingerprint density at radius 2 is 1.63 bits per heavy atom. The van der Waals surface area contributed by atoms with E-state index < -0.39 is 0 Å². The lowest BCUT2D eigenvalue weighted by Gasteiger charge is -2.12. The number of thiocarbonyl (C=S) groups is 1. The molecule has 0 bridgehead atoms. The van der Waals surface area contributed by atoms with Crippen molar-refractivity contribution in [3.8, 4) is 0 Å². The van der Waals surface area contributed by atoms with Gasteiger partial charge in [-0.2, -0.15) is 0 Å². The van der Waals surface area contributed by atoms with Gasteiger partial charge in [0.15, 0.2) is 5.11 Å². The summed E-state index contributed by atoms with van der Waals surface area (Å²) in [6.45, 7) is 0. The molecule has 1 aliphatic rings. The van der Waals surface area contributed by atoms with Gasteiger partial charge >= 0.3 is 0 Å². The highest BCUT2D eigenvalue weighted by Crippen LogP contribution is 2.27. The first kappa shape index (κ1) is 19.0. The van der Waals surface area contributed by atoms with Gasteiger partial charge in [-0.15, -0.1) is 0 Å². The van der Waals surface area contributed by atoms with Crippen LogP contribution in [-0.4, -0.2) is 16.9 Å². The SMILES string of the molecule is O=C(CC1CCCC1)NC(=S)Nc1cccc(C(=O)Nc2ccccc2)c1. The number of hydrogen-bond donors (Lipinski definition) is 3. The van der Waals surface area contributed by atoms with Crippen molar-refractivity contribution < 1.29 is 9.59 Å². The minimum atomic E-state index is -0.207. The van der Waals surface area contributed by atoms with E-state index in [1.807, 2.05) is 30.3 Å². The van der Waals surface area contributed by atoms with Gasteiger partial charge in [0.1, 0.15) is 0 Å². The second-order valence-corrected chi connectivity index (χ2v) is 7.17. The average Bonchev–Trinajstić information content (AvgIpc) is 3.15. The second kappa shape index (κ2) is 9.28. The summed E-state index contributed by atoms with van der Waals surface area (Å²) < 4.78 is 0. The maximum Gasteiger partial charge on any atom is 0.255 e. The van der Waals surface area contributed by atoms with E-state index in [1.165, 1.54) is 12.8 Å². The van der Waals surface area contributed by atoms with E-state index in [0.29, 0.717) is 23.6 Å². The molecule has 0 saturated heterocycles. The maximum absolute atomic E-state index is 12.4. The van der Waals surface area contributed by atoms with Crippen molar-refractivity contribution in [2.24, 2.45) is 5.92 Å². The number of hydrogen-bond acceptors (Lipinski definition) is 3. The van der Waals surface area contributed by atoms with Crippen LogP contribution in [0.3, 0.4) is 0 Å². The zero-order valence-corrected chi connectivity index (χ0v) is 15.9. The van der Waals surface area contributed by atoms with Gasteiger partial charge in [0.25, 0.3) is 5.91 Å². The molecule has 0 spiro atoms. The predicted molar refractivity (Wildman–Crippen MR) is 112 cm³/mol. The van der Waals surface area contributed by atoms with E-state index in [0.717, 1.165) is 18.5 Å². The van der Waals surface area contributed by atoms with Crippen molar-refractivity contribution in [3.63, 3.8) is 0 Å². The van der Waals surface area contributed by atoms with E-state index in [-0.39, 0.29) is 16.9 Å². The van der Waals surface area contributed by atoms with Crippen LogP contribution in [-0.2, 0) is 4.79 Å². The highest BCUT2D eigenvalue weighted by Gasteiger charge is 2.19. The van der Waals surface area contributed by atoms with Crippen molar-refractivity contribution in [2.75, 3.05) is 10.6 Å². The van der Waals surface area contributed by atoms with Crippen LogP contribution in [0.1, 0.15) is 42.5 Å². The number of carbonyl (C=O) groups excluding carboxylic acids is 2. The average molecular weight is 382 g/mol. The lowest BCUT2D eigenvalue weighted by atomic mass is 10.0. The van der Waals surface area contributed by atoms with E-state index in [1.54, 1.807) is 24.3 Å². The van der Waals surface area contributed by atoms with E-state index >= 15 is 0 Å². The fourth-order valence-electron chi connectivity index (χ4n) is 3.28. The number of para-hydroxylation sites is 1. The highest BCUT2D eigenvalue weighted by atomic mass is 32.1. The summed E-state index contributed by atoms with van der Waals surface area (Å²) in [6, 6.07) is 16.3. The molecular formula is C21H23N3O2S. The van der Waals surface area contributed by atoms with E-state index in [4.69, 9.17) is 12.2 Å². The molecule has 5 nitrogen and oxygen atoms in total. The highest BCUT2D eigenvalue weighted by molar-refractivity contribution is 7.80. The van der Waals surface area contributed by atoms with Gasteiger partial charge in [-0.05, 0) is 61.3 Å². The van der Waals surface area contributed by atoms with E-state index in [9.17, 15) is 9.59 Å². The minimum Gasteiger partial charge on any atom is -0.332 e. The molecule has 27 heavy (non-hydrogen) atoms. The number of carbonyl (C=O) groups is 2. The first-order valence-corrected chi connectivity index (χ1v) is 9.58. The molecule has 3 N–H and O–H groups in total. The molecule has 0 aromatic heterocycles. The number of amides is 2. The van der Waals surface area contributed by atoms with Crippen LogP contribution in [0.4, 0.5) is 11.4 Å². The normalized spacial score (nSPS) is 13.8. The Labute approximate surface area is 164 Å². The minimum absolute atomic E-state index is 0.0580. The smallest absolute Gasteiger partial charge is 0.255 e. The third-order valence-corrected chi connectivity index (χ3v) is 4.82. The van der Waals surface area contributed by atoms with Crippen molar-refractivity contribution in [3.05, 3.63) is 60.2 Å². The third kappa shape index (κ3) is 5.89. The standard InChI is InChI=1S/C21H23N3O2S/c25-19(13-15-7-4-5-8-15)24-21(27)23-18-12-6-9-16(14-18)20(26)22-17-10-2-1-3-11-17/h1-3,6,9-12,14-15H,4-5,7-8,13H2,(H,22,26)(H2,23,24,25,27). The fraction of sp³-hybridized carbons (Fsp3) is 0.286. The number of rotatable bonds is 5. The van der Waals surface area contributed by atoms with Crippen molar-refractivity contribution in [1.29, 1.82) is 0 Å². The largest absolute Gasteiger partial charge is 0.332 e. The van der Waals surface area contributed by atoms with E-state index in [2.05, 4.69) is 16.0 Å². The molecule has 140 valence electrons. The Bertz CT molecular complexity index is 817. The Balaban J connectivity index is 1.54. The zero-order chi connectivity index (χ0) is 19.1. The van der Waals surface area contributed by atoms with Crippen LogP contribution in [0.5, 0.6) is 0 Å². The molecule has 0 aliphatic heterocycles. The van der Waals surface area contributed by atoms with Gasteiger partial charge in [-0.1, -0.05) is 37.1 Å². The first-order chi connectivity index (χ1) is 13.1. The number of anilines is 2. The molecule has 1 aliphatic carbocycles. The summed E-state index contributed by atoms with van der Waals surface area (Å²) >= 11 is 5.22. The predicted octanol–water partition coefficient (Wildman–Crippen LogP) is 4.33. The summed E-state index contributed by atoms with van der Waals surface area (Å²) in [5.41, 5.74) is 1.89. The third-order valence-electron chi connectivity index (χ3n) is 4.62. The first-order valence-electron chi connectivity index (χ1n) is 9.17. The molecule has 0 radical (unpaired) electrons. The van der Waals surface area contributed by atoms with Gasteiger partial charge in [-0.3, -0.25) is 9.59 Å². The molecule has 1 saturated carbocycles. The van der Waals surface area contributed by atoms with Crippen LogP contribution >= 0.6 is 12.2 Å². The van der Waals surface area contributed by atoms with Gasteiger partial charge in [0.2, 0.25) is 5.91 Å². The summed E-state index contributed by atoms with van der Waals surface area (Å²) in [7, 11) is 0. The van der Waals surface area contributed by atoms with Crippen LogP contribution in [0.2, 0.25) is 0 Å². The number of nitrogens with one attached hydrogen (secondary N) is 3. The van der Waals surface area contributed by atoms with Crippen LogP contribution < -0.4 is 16.0 Å². The van der Waals surface area contributed by atoms with Crippen molar-refractivity contribution in [2.45, 2.75) is 32.1 Å². The second-order valence-electron chi connectivity index (χ2n) is 6.76. The van der Waals surface area contributed by atoms with Gasteiger partial charge < -0.3 is 16.0 Å². The summed E-state index contributed by atoms with van der Waals surface area (Å²) in [4.78, 5) is 24.5. The summed E-state index contributed by atoms with van der Waals surface area (Å²) in [5.74, 6) is 0.205. The Kier molecular flexibility index (Phi) is 6.54. The van der Waals surface area contributed by atoms with Gasteiger partial charge in [-0.25, -0.2) is 0 Å². The maximum atomic E-state index is 12.4. The Morgan fingerprint density at radius 1 is 0.926 bits per heavy atom. The fourth-order valence-corrected chi connectivity index (χ4v) is 3.51. The molecule has 6 heteroatoms. The summed E-state index contributed by atoms with van der Waals surface area (Å²) in [5, 5.41) is 8.79. The van der Waals surface area contributed by atoms with Crippen LogP contribution in [0, 0.1) is 5.92 Å². The summed E-state index contributed by atoms with van der Waals surface area (Å²) in [6.07, 6.45) is 5.16. The molecule has 3 rings (SSSR count). The molecule has 0 heterocycles. The Morgan fingerprint density at radius 3 is 2.37 bits per heavy atom. The molecule has 1 fully saturated rings. The van der Waals surface area contributed by atoms with Gasteiger partial charge in [0.05, 0.1) is 0 Å². The molecule has 2 aromatic carbocycles.